The maximum absolute atomic E-state index is 14.2. The van der Waals surface area contributed by atoms with Crippen LogP contribution in [0.4, 0.5) is 8.78 Å². The topological polar surface area (TPSA) is 106 Å². The van der Waals surface area contributed by atoms with Gasteiger partial charge in [0.1, 0.15) is 29.5 Å². The summed E-state index contributed by atoms with van der Waals surface area (Å²) in [4.78, 5) is 40.1. The molecule has 0 radical (unpaired) electrons. The number of nitrogens with zero attached hydrogens (tertiary/aromatic N) is 5. The molecule has 1 aliphatic rings. The largest absolute Gasteiger partial charge is 0.494 e. The van der Waals surface area contributed by atoms with E-state index in [1.54, 1.807) is 6.92 Å². The van der Waals surface area contributed by atoms with Gasteiger partial charge in [0, 0.05) is 25.4 Å². The summed E-state index contributed by atoms with van der Waals surface area (Å²) >= 11 is 0. The summed E-state index contributed by atoms with van der Waals surface area (Å²) in [6.07, 6.45) is 5.35. The van der Waals surface area contributed by atoms with Gasteiger partial charge in [-0.25, -0.2) is 23.4 Å². The van der Waals surface area contributed by atoms with Gasteiger partial charge < -0.3 is 14.6 Å². The zero-order valence-corrected chi connectivity index (χ0v) is 22.9. The van der Waals surface area contributed by atoms with Crippen molar-refractivity contribution in [3.63, 3.8) is 0 Å². The van der Waals surface area contributed by atoms with E-state index < -0.39 is 23.3 Å². The highest BCUT2D eigenvalue weighted by Crippen LogP contribution is 2.35. The van der Waals surface area contributed by atoms with Crippen LogP contribution in [0.25, 0.3) is 22.3 Å². The third-order valence-electron chi connectivity index (χ3n) is 7.36. The van der Waals surface area contributed by atoms with Gasteiger partial charge in [-0.2, -0.15) is 5.10 Å². The van der Waals surface area contributed by atoms with E-state index >= 15 is 0 Å². The molecule has 4 heterocycles. The van der Waals surface area contributed by atoms with Gasteiger partial charge in [-0.3, -0.25) is 9.59 Å². The molecule has 0 aliphatic carbocycles. The zero-order valence-electron chi connectivity index (χ0n) is 22.9. The number of ketones is 1. The number of nitrogens with one attached hydrogen (secondary N) is 1. The number of aromatic nitrogens is 5. The van der Waals surface area contributed by atoms with E-state index in [-0.39, 0.29) is 26.1 Å². The Kier molecular flexibility index (Phi) is 8.16. The summed E-state index contributed by atoms with van der Waals surface area (Å²) in [6, 6.07) is 12.8. The number of aromatic amines is 1. The van der Waals surface area contributed by atoms with E-state index in [9.17, 15) is 18.4 Å². The lowest BCUT2D eigenvalue weighted by Gasteiger charge is -2.30. The predicted octanol–water partition coefficient (Wildman–Crippen LogP) is 5.68. The first-order valence-corrected chi connectivity index (χ1v) is 13.3. The molecule has 1 amide bonds. The molecular weight excluding hydrogens is 554 g/mol. The number of hydrogen-bond donors (Lipinski definition) is 1. The number of H-pyrrole nitrogens is 1. The number of aryl methyl sites for hydroxylation is 1. The highest BCUT2D eigenvalue weighted by atomic mass is 19.1. The van der Waals surface area contributed by atoms with Crippen molar-refractivity contribution in [1.29, 1.82) is 0 Å². The summed E-state index contributed by atoms with van der Waals surface area (Å²) in [7, 11) is 1.46. The van der Waals surface area contributed by atoms with Gasteiger partial charge in [-0.05, 0) is 48.6 Å². The number of Topliss-reactive ketones (excluding diaryl/α,β-unsaturated/α-hetero) is 1. The highest BCUT2D eigenvalue weighted by Gasteiger charge is 2.30. The number of pyridine rings is 1. The van der Waals surface area contributed by atoms with Crippen LogP contribution in [0.3, 0.4) is 0 Å². The van der Waals surface area contributed by atoms with Crippen LogP contribution in [0, 0.1) is 18.6 Å². The zero-order chi connectivity index (χ0) is 29.4. The average Bonchev–Trinajstić information content (AvgIpc) is 3.63. The average molecular weight is 585 g/mol. The van der Waals surface area contributed by atoms with E-state index in [1.807, 2.05) is 30.3 Å². The number of halogens is 2. The molecule has 9 nitrogen and oxygen atoms in total. The third kappa shape index (κ3) is 5.53. The minimum Gasteiger partial charge on any atom is -0.494 e. The fourth-order valence-electron chi connectivity index (χ4n) is 5.43. The van der Waals surface area contributed by atoms with Gasteiger partial charge in [0.25, 0.3) is 11.7 Å². The molecule has 220 valence electrons. The molecule has 2 aromatic carbocycles. The molecule has 0 spiro atoms. The molecule has 43 heavy (non-hydrogen) atoms. The smallest absolute Gasteiger partial charge is 0.295 e. The standard InChI is InChI=1S/C31H26F2N6O3.CH4/c1-18-36-17-39(37-18)30-28-27(25(42-2)16-35-30)24(15-34-28)29(40)31(41)38-10-8-20(9-11-38)26(19-6-4-3-5-7-19)21-12-22(32)14-23(33)13-21;/h3-7,12-17,34H,8-11H2,1-2H3;1H4. The van der Waals surface area contributed by atoms with Crippen LogP contribution in [0.2, 0.25) is 0 Å². The van der Waals surface area contributed by atoms with Crippen molar-refractivity contribution in [3.8, 4) is 11.6 Å². The number of carbonyl (C=O) groups is 2. The molecule has 1 aliphatic heterocycles. The molecule has 0 atom stereocenters. The maximum atomic E-state index is 14.2. The second-order valence-electron chi connectivity index (χ2n) is 9.96. The van der Waals surface area contributed by atoms with Gasteiger partial charge in [0.15, 0.2) is 5.82 Å². The third-order valence-corrected chi connectivity index (χ3v) is 7.36. The Bertz CT molecular complexity index is 1830. The molecule has 5 aromatic rings. The number of likely N-dealkylation sites (tertiary alicyclic amines) is 1. The number of rotatable bonds is 6. The Labute approximate surface area is 246 Å². The van der Waals surface area contributed by atoms with Gasteiger partial charge >= 0.3 is 0 Å². The minimum absolute atomic E-state index is 0. The first-order chi connectivity index (χ1) is 20.3. The quantitative estimate of drug-likeness (QED) is 0.203. The number of amides is 1. The number of piperidine rings is 1. The SMILES string of the molecule is C.COc1cnc(-n2cnc(C)n2)c2[nH]cc(C(=O)C(=O)N3CCC(=C(c4ccccc4)c4cc(F)cc(F)c4)CC3)c12. The Morgan fingerprint density at radius 3 is 2.30 bits per heavy atom. The lowest BCUT2D eigenvalue weighted by molar-refractivity contribution is -0.126. The second-order valence-corrected chi connectivity index (χ2v) is 9.96. The van der Waals surface area contributed by atoms with Crippen LogP contribution < -0.4 is 4.74 Å². The summed E-state index contributed by atoms with van der Waals surface area (Å²) in [5, 5.41) is 4.72. The number of benzene rings is 2. The number of fused-ring (bicyclic) bond motifs is 1. The fraction of sp³-hybridized carbons (Fsp3) is 0.219. The van der Waals surface area contributed by atoms with Crippen molar-refractivity contribution in [3.05, 3.63) is 107 Å². The van der Waals surface area contributed by atoms with Gasteiger partial charge in [-0.15, -0.1) is 0 Å². The van der Waals surface area contributed by atoms with Crippen LogP contribution in [0.1, 0.15) is 47.6 Å². The monoisotopic (exact) mass is 584 g/mol. The lowest BCUT2D eigenvalue weighted by atomic mass is 9.88. The van der Waals surface area contributed by atoms with Crippen LogP contribution in [-0.4, -0.2) is 61.5 Å². The number of carbonyl (C=O) groups excluding carboxylic acids is 2. The van der Waals surface area contributed by atoms with Crippen LogP contribution in [0.15, 0.2) is 72.8 Å². The minimum atomic E-state index is -0.686. The molecule has 1 fully saturated rings. The fourth-order valence-corrected chi connectivity index (χ4v) is 5.43. The molecule has 0 unspecified atom stereocenters. The summed E-state index contributed by atoms with van der Waals surface area (Å²) in [5.74, 6) is -1.36. The van der Waals surface area contributed by atoms with Crippen LogP contribution >= 0.6 is 0 Å². The molecule has 0 saturated carbocycles. The Morgan fingerprint density at radius 2 is 1.67 bits per heavy atom. The molecule has 1 saturated heterocycles. The first kappa shape index (κ1) is 29.3. The van der Waals surface area contributed by atoms with Gasteiger partial charge in [-0.1, -0.05) is 43.3 Å². The second kappa shape index (κ2) is 12.0. The summed E-state index contributed by atoms with van der Waals surface area (Å²) in [5.41, 5.74) is 3.59. The van der Waals surface area contributed by atoms with Crippen molar-refractivity contribution in [2.75, 3.05) is 20.2 Å². The molecular formula is C32H30F2N6O3. The van der Waals surface area contributed by atoms with E-state index in [4.69, 9.17) is 4.74 Å². The van der Waals surface area contributed by atoms with Crippen molar-refractivity contribution >= 4 is 28.2 Å². The lowest BCUT2D eigenvalue weighted by Crippen LogP contribution is -2.40. The molecule has 6 rings (SSSR count). The van der Waals surface area contributed by atoms with Crippen molar-refractivity contribution in [2.45, 2.75) is 27.2 Å². The maximum Gasteiger partial charge on any atom is 0.295 e. The van der Waals surface area contributed by atoms with E-state index in [0.717, 1.165) is 22.8 Å². The molecule has 11 heteroatoms. The predicted molar refractivity (Wildman–Crippen MR) is 158 cm³/mol. The van der Waals surface area contributed by atoms with Gasteiger partial charge in [0.05, 0.1) is 29.8 Å². The number of hydrogen-bond acceptors (Lipinski definition) is 6. The van der Waals surface area contributed by atoms with Crippen LogP contribution in [0.5, 0.6) is 5.75 Å². The highest BCUT2D eigenvalue weighted by molar-refractivity contribution is 6.45. The number of ether oxygens (including phenoxy) is 1. The normalized spacial score (nSPS) is 13.1. The van der Waals surface area contributed by atoms with E-state index in [0.29, 0.717) is 46.7 Å². The number of methoxy groups -OCH3 is 1. The van der Waals surface area contributed by atoms with E-state index in [1.165, 1.54) is 47.5 Å². The summed E-state index contributed by atoms with van der Waals surface area (Å²) in [6.45, 7) is 2.30. The molecule has 1 N–H and O–H groups in total. The molecule has 0 bridgehead atoms. The van der Waals surface area contributed by atoms with Crippen molar-refractivity contribution in [2.24, 2.45) is 0 Å². The Hall–Kier alpha value is -5.19. The Balaban J connectivity index is 0.00000368. The molecule has 3 aromatic heterocycles. The Morgan fingerprint density at radius 1 is 0.977 bits per heavy atom. The van der Waals surface area contributed by atoms with E-state index in [2.05, 4.69) is 20.1 Å². The first-order valence-electron chi connectivity index (χ1n) is 13.3. The van der Waals surface area contributed by atoms with Gasteiger partial charge in [0.2, 0.25) is 0 Å². The van der Waals surface area contributed by atoms with Crippen molar-refractivity contribution in [1.82, 2.24) is 29.6 Å². The van der Waals surface area contributed by atoms with Crippen molar-refractivity contribution < 1.29 is 23.1 Å². The van der Waals surface area contributed by atoms with Crippen LogP contribution in [-0.2, 0) is 4.79 Å². The summed E-state index contributed by atoms with van der Waals surface area (Å²) < 4.78 is 35.3.